The van der Waals surface area contributed by atoms with Crippen LogP contribution in [0.3, 0.4) is 0 Å². The van der Waals surface area contributed by atoms with E-state index in [2.05, 4.69) is 12.1 Å². The van der Waals surface area contributed by atoms with E-state index in [-0.39, 0.29) is 18.5 Å². The molecule has 0 N–H and O–H groups in total. The Morgan fingerprint density at radius 3 is 2.65 bits per heavy atom. The smallest absolute Gasteiger partial charge is 0.157 e. The van der Waals surface area contributed by atoms with Crippen molar-refractivity contribution in [3.05, 3.63) is 35.9 Å². The third kappa shape index (κ3) is 3.53. The monoisotopic (exact) mass is 236 g/mol. The SMILES string of the molecule is CO[C@@H]1CC[C@H](OCc2ccccc2)[C@@H](C)O1. The molecule has 3 atom stereocenters. The highest BCUT2D eigenvalue weighted by atomic mass is 16.7. The maximum atomic E-state index is 5.89. The van der Waals surface area contributed by atoms with Crippen molar-refractivity contribution >= 4 is 0 Å². The molecule has 1 fully saturated rings. The molecule has 17 heavy (non-hydrogen) atoms. The van der Waals surface area contributed by atoms with Crippen molar-refractivity contribution in [1.82, 2.24) is 0 Å². The largest absolute Gasteiger partial charge is 0.371 e. The van der Waals surface area contributed by atoms with Gasteiger partial charge < -0.3 is 14.2 Å². The third-order valence-electron chi connectivity index (χ3n) is 3.15. The molecule has 0 amide bonds. The van der Waals surface area contributed by atoms with Crippen LogP contribution in [-0.2, 0) is 20.8 Å². The molecule has 1 saturated heterocycles. The van der Waals surface area contributed by atoms with Gasteiger partial charge in [0.15, 0.2) is 6.29 Å². The minimum absolute atomic E-state index is 0.0680. The molecule has 0 bridgehead atoms. The summed E-state index contributed by atoms with van der Waals surface area (Å²) in [5.41, 5.74) is 1.20. The van der Waals surface area contributed by atoms with Crippen LogP contribution in [0.2, 0.25) is 0 Å². The van der Waals surface area contributed by atoms with Crippen molar-refractivity contribution in [2.45, 2.75) is 44.9 Å². The van der Waals surface area contributed by atoms with Crippen LogP contribution >= 0.6 is 0 Å². The van der Waals surface area contributed by atoms with E-state index >= 15 is 0 Å². The van der Waals surface area contributed by atoms with Gasteiger partial charge in [0.05, 0.1) is 18.8 Å². The van der Waals surface area contributed by atoms with Crippen LogP contribution in [0, 0.1) is 0 Å². The number of hydrogen-bond acceptors (Lipinski definition) is 3. The Kier molecular flexibility index (Phi) is 4.54. The molecule has 1 aliphatic rings. The fraction of sp³-hybridized carbons (Fsp3) is 0.571. The van der Waals surface area contributed by atoms with Crippen molar-refractivity contribution in [3.63, 3.8) is 0 Å². The molecule has 0 radical (unpaired) electrons. The average molecular weight is 236 g/mol. The zero-order valence-electron chi connectivity index (χ0n) is 10.5. The molecule has 1 aromatic carbocycles. The van der Waals surface area contributed by atoms with Crippen LogP contribution < -0.4 is 0 Å². The Morgan fingerprint density at radius 1 is 1.24 bits per heavy atom. The molecule has 2 rings (SSSR count). The van der Waals surface area contributed by atoms with Gasteiger partial charge in [0, 0.05) is 13.5 Å². The minimum atomic E-state index is -0.0680. The summed E-state index contributed by atoms with van der Waals surface area (Å²) in [5, 5.41) is 0. The highest BCUT2D eigenvalue weighted by molar-refractivity contribution is 5.13. The van der Waals surface area contributed by atoms with E-state index in [4.69, 9.17) is 14.2 Å². The van der Waals surface area contributed by atoms with Crippen LogP contribution in [-0.4, -0.2) is 25.6 Å². The summed E-state index contributed by atoms with van der Waals surface area (Å²) in [4.78, 5) is 0. The van der Waals surface area contributed by atoms with Gasteiger partial charge in [-0.3, -0.25) is 0 Å². The van der Waals surface area contributed by atoms with Crippen molar-refractivity contribution in [3.8, 4) is 0 Å². The van der Waals surface area contributed by atoms with E-state index in [1.165, 1.54) is 5.56 Å². The molecule has 0 unspecified atom stereocenters. The Bertz CT molecular complexity index is 325. The lowest BCUT2D eigenvalue weighted by atomic mass is 10.1. The van der Waals surface area contributed by atoms with Gasteiger partial charge in [-0.25, -0.2) is 0 Å². The van der Waals surface area contributed by atoms with Gasteiger partial charge in [-0.15, -0.1) is 0 Å². The number of methoxy groups -OCH3 is 1. The van der Waals surface area contributed by atoms with Gasteiger partial charge in [0.1, 0.15) is 0 Å². The fourth-order valence-electron chi connectivity index (χ4n) is 2.10. The molecular weight excluding hydrogens is 216 g/mol. The van der Waals surface area contributed by atoms with Crippen LogP contribution in [0.1, 0.15) is 25.3 Å². The van der Waals surface area contributed by atoms with Crippen LogP contribution in [0.25, 0.3) is 0 Å². The van der Waals surface area contributed by atoms with Gasteiger partial charge in [-0.05, 0) is 18.9 Å². The van der Waals surface area contributed by atoms with Gasteiger partial charge in [-0.1, -0.05) is 30.3 Å². The van der Waals surface area contributed by atoms with Crippen molar-refractivity contribution in [2.75, 3.05) is 7.11 Å². The number of rotatable bonds is 4. The molecule has 3 heteroatoms. The third-order valence-corrected chi connectivity index (χ3v) is 3.15. The predicted octanol–water partition coefficient (Wildman–Crippen LogP) is 2.74. The summed E-state index contributed by atoms with van der Waals surface area (Å²) in [5.74, 6) is 0. The minimum Gasteiger partial charge on any atom is -0.371 e. The summed E-state index contributed by atoms with van der Waals surface area (Å²) in [6.45, 7) is 2.69. The zero-order chi connectivity index (χ0) is 12.1. The van der Waals surface area contributed by atoms with Crippen molar-refractivity contribution in [2.24, 2.45) is 0 Å². The molecular formula is C14H20O3. The molecule has 1 aliphatic heterocycles. The van der Waals surface area contributed by atoms with E-state index in [0.717, 1.165) is 12.8 Å². The van der Waals surface area contributed by atoms with E-state index in [1.807, 2.05) is 25.1 Å². The van der Waals surface area contributed by atoms with Gasteiger partial charge >= 0.3 is 0 Å². The van der Waals surface area contributed by atoms with E-state index in [0.29, 0.717) is 6.61 Å². The first kappa shape index (κ1) is 12.6. The maximum absolute atomic E-state index is 5.89. The second-order valence-electron chi connectivity index (χ2n) is 4.42. The van der Waals surface area contributed by atoms with Crippen LogP contribution in [0.5, 0.6) is 0 Å². The topological polar surface area (TPSA) is 27.7 Å². The number of hydrogen-bond donors (Lipinski definition) is 0. The summed E-state index contributed by atoms with van der Waals surface area (Å²) in [6, 6.07) is 10.2. The van der Waals surface area contributed by atoms with Crippen molar-refractivity contribution < 1.29 is 14.2 Å². The van der Waals surface area contributed by atoms with Gasteiger partial charge in [0.25, 0.3) is 0 Å². The first-order valence-electron chi connectivity index (χ1n) is 6.13. The zero-order valence-corrected chi connectivity index (χ0v) is 10.5. The fourth-order valence-corrected chi connectivity index (χ4v) is 2.10. The van der Waals surface area contributed by atoms with Crippen LogP contribution in [0.15, 0.2) is 30.3 Å². The maximum Gasteiger partial charge on any atom is 0.157 e. The summed E-state index contributed by atoms with van der Waals surface area (Å²) >= 11 is 0. The molecule has 0 aromatic heterocycles. The molecule has 1 aromatic rings. The Morgan fingerprint density at radius 2 is 2.00 bits per heavy atom. The van der Waals surface area contributed by atoms with E-state index in [1.54, 1.807) is 7.11 Å². The highest BCUT2D eigenvalue weighted by Gasteiger charge is 2.28. The Labute approximate surface area is 103 Å². The lowest BCUT2D eigenvalue weighted by molar-refractivity contribution is -0.217. The molecule has 0 spiro atoms. The molecule has 0 aliphatic carbocycles. The van der Waals surface area contributed by atoms with Gasteiger partial charge in [0.2, 0.25) is 0 Å². The molecule has 0 saturated carbocycles. The molecule has 1 heterocycles. The predicted molar refractivity (Wildman–Crippen MR) is 65.6 cm³/mol. The normalized spacial score (nSPS) is 29.2. The molecule has 94 valence electrons. The summed E-state index contributed by atoms with van der Waals surface area (Å²) in [7, 11) is 1.68. The average Bonchev–Trinajstić information content (AvgIpc) is 2.38. The highest BCUT2D eigenvalue weighted by Crippen LogP contribution is 2.23. The first-order chi connectivity index (χ1) is 8.29. The second kappa shape index (κ2) is 6.15. The number of ether oxygens (including phenoxy) is 3. The van der Waals surface area contributed by atoms with Gasteiger partial charge in [-0.2, -0.15) is 0 Å². The van der Waals surface area contributed by atoms with Crippen molar-refractivity contribution in [1.29, 1.82) is 0 Å². The molecule has 3 nitrogen and oxygen atoms in total. The van der Waals surface area contributed by atoms with E-state index < -0.39 is 0 Å². The summed E-state index contributed by atoms with van der Waals surface area (Å²) in [6.07, 6.45) is 2.09. The quantitative estimate of drug-likeness (QED) is 0.804. The second-order valence-corrected chi connectivity index (χ2v) is 4.42. The van der Waals surface area contributed by atoms with Crippen LogP contribution in [0.4, 0.5) is 0 Å². The first-order valence-corrected chi connectivity index (χ1v) is 6.13. The standard InChI is InChI=1S/C14H20O3/c1-11-13(8-9-14(15-2)17-11)16-10-12-6-4-3-5-7-12/h3-7,11,13-14H,8-10H2,1-2H3/t11-,13+,14+/m1/s1. The lowest BCUT2D eigenvalue weighted by Gasteiger charge is -2.33. The Hall–Kier alpha value is -0.900. The Balaban J connectivity index is 1.80. The lowest BCUT2D eigenvalue weighted by Crippen LogP contribution is -2.39. The summed E-state index contributed by atoms with van der Waals surface area (Å²) < 4.78 is 16.8. The van der Waals surface area contributed by atoms with E-state index in [9.17, 15) is 0 Å². The number of benzene rings is 1.